The lowest BCUT2D eigenvalue weighted by Gasteiger charge is -2.20. The van der Waals surface area contributed by atoms with Gasteiger partial charge in [0.1, 0.15) is 5.69 Å². The van der Waals surface area contributed by atoms with E-state index in [1.165, 1.54) is 6.07 Å². The van der Waals surface area contributed by atoms with E-state index in [2.05, 4.69) is 26.7 Å². The van der Waals surface area contributed by atoms with Crippen LogP contribution in [0.5, 0.6) is 0 Å². The summed E-state index contributed by atoms with van der Waals surface area (Å²) in [5.74, 6) is -1.47. The fraction of sp³-hybridized carbons (Fsp3) is 0.184. The van der Waals surface area contributed by atoms with Gasteiger partial charge < -0.3 is 20.0 Å². The minimum atomic E-state index is -1.06. The zero-order valence-corrected chi connectivity index (χ0v) is 27.7. The van der Waals surface area contributed by atoms with Crippen molar-refractivity contribution < 1.29 is 14.7 Å². The van der Waals surface area contributed by atoms with Crippen molar-refractivity contribution in [1.82, 2.24) is 19.4 Å². The first kappa shape index (κ1) is 31.7. The highest BCUT2D eigenvalue weighted by atomic mass is 35.5. The maximum atomic E-state index is 14.5. The highest BCUT2D eigenvalue weighted by Gasteiger charge is 2.28. The van der Waals surface area contributed by atoms with Gasteiger partial charge in [0, 0.05) is 44.3 Å². The number of halogens is 2. The third-order valence-corrected chi connectivity index (χ3v) is 9.52. The Morgan fingerprint density at radius 3 is 2.40 bits per heavy atom. The molecule has 242 valence electrons. The highest BCUT2D eigenvalue weighted by Crippen LogP contribution is 2.41. The van der Waals surface area contributed by atoms with Crippen LogP contribution in [0, 0.1) is 0 Å². The Labute approximate surface area is 288 Å². The molecule has 8 nitrogen and oxygen atoms in total. The number of nitrogens with zero attached hydrogens (tertiary/aromatic N) is 3. The highest BCUT2D eigenvalue weighted by molar-refractivity contribution is 6.31. The molecule has 0 aliphatic carbocycles. The monoisotopic (exact) mass is 677 g/mol. The number of carboxylic acid groups (broad SMARTS) is 1. The van der Waals surface area contributed by atoms with E-state index in [0.29, 0.717) is 44.7 Å². The number of hydrogen-bond acceptors (Lipinski definition) is 4. The number of H-pyrrole nitrogens is 1. The lowest BCUT2D eigenvalue weighted by molar-refractivity contribution is 0.0696. The summed E-state index contributed by atoms with van der Waals surface area (Å²) in [6.45, 7) is 4.60. The van der Waals surface area contributed by atoms with Crippen LogP contribution in [0.4, 0.5) is 5.69 Å². The smallest absolute Gasteiger partial charge is 0.335 e. The van der Waals surface area contributed by atoms with Crippen LogP contribution in [0.15, 0.2) is 97.3 Å². The van der Waals surface area contributed by atoms with Gasteiger partial charge in [-0.15, -0.1) is 0 Å². The van der Waals surface area contributed by atoms with Crippen molar-refractivity contribution in [2.45, 2.75) is 32.4 Å². The van der Waals surface area contributed by atoms with Crippen LogP contribution in [0.1, 0.15) is 57.8 Å². The number of aromatic amines is 1. The number of anilines is 1. The normalized spacial score (nSPS) is 14.0. The predicted octanol–water partition coefficient (Wildman–Crippen LogP) is 9.16. The Balaban J connectivity index is 1.40. The number of benzene rings is 4. The second-order valence-electron chi connectivity index (χ2n) is 12.1. The minimum absolute atomic E-state index is 0.0975. The molecular weight excluding hydrogens is 645 g/mol. The number of carbonyl (C=O) groups is 2. The molecule has 4 aromatic carbocycles. The largest absolute Gasteiger partial charge is 0.478 e. The quantitative estimate of drug-likeness (QED) is 0.142. The average molecular weight is 679 g/mol. The van der Waals surface area contributed by atoms with E-state index in [9.17, 15) is 14.7 Å². The summed E-state index contributed by atoms with van der Waals surface area (Å²) < 4.78 is 2.07. The SMILES string of the molecule is CC(c1ccc(Cl)cc1)n1cnc(-c2ccccc2)c1-c1c(C(=O)Nc2cc(C(=O)O)ccc2CN2CCCC2)[nH]c2cc(Cl)ccc12. The molecule has 7 rings (SSSR count). The number of nitrogens with one attached hydrogen (secondary N) is 2. The van der Waals surface area contributed by atoms with Crippen molar-refractivity contribution in [2.75, 3.05) is 18.4 Å². The number of fused-ring (bicyclic) bond motifs is 1. The number of aromatic carboxylic acids is 1. The van der Waals surface area contributed by atoms with Gasteiger partial charge in [-0.25, -0.2) is 9.78 Å². The Bertz CT molecular complexity index is 2130. The molecule has 1 aliphatic rings. The zero-order valence-electron chi connectivity index (χ0n) is 26.2. The first-order chi connectivity index (χ1) is 23.3. The van der Waals surface area contributed by atoms with Gasteiger partial charge in [0.25, 0.3) is 5.91 Å². The average Bonchev–Trinajstić information content (AvgIpc) is 3.84. The molecule has 1 fully saturated rings. The summed E-state index contributed by atoms with van der Waals surface area (Å²) in [5, 5.41) is 14.8. The first-order valence-electron chi connectivity index (χ1n) is 15.9. The van der Waals surface area contributed by atoms with Crippen LogP contribution in [-0.4, -0.2) is 49.5 Å². The summed E-state index contributed by atoms with van der Waals surface area (Å²) in [5.41, 5.74) is 6.43. The second-order valence-corrected chi connectivity index (χ2v) is 13.0. The van der Waals surface area contributed by atoms with E-state index in [4.69, 9.17) is 28.2 Å². The number of rotatable bonds is 9. The van der Waals surface area contributed by atoms with E-state index in [1.807, 2.05) is 60.7 Å². The minimum Gasteiger partial charge on any atom is -0.478 e. The van der Waals surface area contributed by atoms with Gasteiger partial charge in [0.2, 0.25) is 0 Å². The van der Waals surface area contributed by atoms with E-state index >= 15 is 0 Å². The van der Waals surface area contributed by atoms with E-state index < -0.39 is 11.9 Å². The Morgan fingerprint density at radius 2 is 1.67 bits per heavy atom. The van der Waals surface area contributed by atoms with Crippen LogP contribution in [0.3, 0.4) is 0 Å². The molecule has 0 bridgehead atoms. The van der Waals surface area contributed by atoms with Gasteiger partial charge in [-0.3, -0.25) is 9.69 Å². The Hall–Kier alpha value is -4.89. The molecule has 0 radical (unpaired) electrons. The van der Waals surface area contributed by atoms with E-state index in [1.54, 1.807) is 30.6 Å². The molecular formula is C38H33Cl2N5O3. The first-order valence-corrected chi connectivity index (χ1v) is 16.6. The van der Waals surface area contributed by atoms with Crippen LogP contribution in [0.2, 0.25) is 10.0 Å². The van der Waals surface area contributed by atoms with Crippen LogP contribution in [0.25, 0.3) is 33.4 Å². The molecule has 1 atom stereocenters. The third-order valence-electron chi connectivity index (χ3n) is 9.03. The summed E-state index contributed by atoms with van der Waals surface area (Å²) in [7, 11) is 0. The number of hydrogen-bond donors (Lipinski definition) is 3. The molecule has 0 saturated carbocycles. The van der Waals surface area contributed by atoms with Crippen molar-refractivity contribution in [2.24, 2.45) is 0 Å². The van der Waals surface area contributed by atoms with Crippen molar-refractivity contribution in [3.05, 3.63) is 130 Å². The number of carboxylic acids is 1. The number of likely N-dealkylation sites (tertiary alicyclic amines) is 1. The van der Waals surface area contributed by atoms with Gasteiger partial charge in [0.15, 0.2) is 0 Å². The van der Waals surface area contributed by atoms with Crippen molar-refractivity contribution in [1.29, 1.82) is 0 Å². The molecule has 48 heavy (non-hydrogen) atoms. The van der Waals surface area contributed by atoms with Crippen molar-refractivity contribution in [3.63, 3.8) is 0 Å². The lowest BCUT2D eigenvalue weighted by atomic mass is 9.99. The molecule has 1 unspecified atom stereocenters. The molecule has 1 amide bonds. The standard InChI is InChI=1S/C38H33Cl2N5O3/c1-23(24-11-13-28(39)14-12-24)45-22-41-34(25-7-3-2-4-8-25)36(45)33-30-16-15-29(40)20-32(30)42-35(33)37(46)43-31-19-26(38(47)48)9-10-27(31)21-44-17-5-6-18-44/h2-4,7-16,19-20,22-23,42H,5-6,17-18,21H2,1H3,(H,43,46)(H,47,48). The fourth-order valence-corrected chi connectivity index (χ4v) is 6.83. The van der Waals surface area contributed by atoms with Gasteiger partial charge in [-0.2, -0.15) is 0 Å². The molecule has 3 N–H and O–H groups in total. The van der Waals surface area contributed by atoms with Crippen molar-refractivity contribution in [3.8, 4) is 22.5 Å². The Kier molecular flexibility index (Phi) is 8.79. The van der Waals surface area contributed by atoms with E-state index in [-0.39, 0.29) is 11.6 Å². The number of imidazole rings is 1. The molecule has 2 aromatic heterocycles. The van der Waals surface area contributed by atoms with Crippen LogP contribution >= 0.6 is 23.2 Å². The van der Waals surface area contributed by atoms with Gasteiger partial charge >= 0.3 is 5.97 Å². The van der Waals surface area contributed by atoms with Crippen molar-refractivity contribution >= 4 is 51.7 Å². The molecule has 3 heterocycles. The fourth-order valence-electron chi connectivity index (χ4n) is 6.53. The molecule has 10 heteroatoms. The number of carbonyl (C=O) groups excluding carboxylic acids is 1. The topological polar surface area (TPSA) is 103 Å². The molecule has 1 saturated heterocycles. The molecule has 1 aliphatic heterocycles. The molecule has 6 aromatic rings. The van der Waals surface area contributed by atoms with Gasteiger partial charge in [-0.05, 0) is 80.4 Å². The van der Waals surface area contributed by atoms with Crippen LogP contribution < -0.4 is 5.32 Å². The summed E-state index contributed by atoms with van der Waals surface area (Å²) in [4.78, 5) is 37.1. The summed E-state index contributed by atoms with van der Waals surface area (Å²) in [6, 6.07) is 27.8. The summed E-state index contributed by atoms with van der Waals surface area (Å²) >= 11 is 12.7. The molecule has 0 spiro atoms. The third kappa shape index (κ3) is 6.22. The Morgan fingerprint density at radius 1 is 0.938 bits per heavy atom. The maximum absolute atomic E-state index is 14.5. The lowest BCUT2D eigenvalue weighted by Crippen LogP contribution is -2.21. The van der Waals surface area contributed by atoms with Crippen LogP contribution in [-0.2, 0) is 6.54 Å². The van der Waals surface area contributed by atoms with E-state index in [0.717, 1.165) is 53.7 Å². The maximum Gasteiger partial charge on any atom is 0.335 e. The number of amides is 1. The zero-order chi connectivity index (χ0) is 33.4. The summed E-state index contributed by atoms with van der Waals surface area (Å²) in [6.07, 6.45) is 4.03. The van der Waals surface area contributed by atoms with Gasteiger partial charge in [-0.1, -0.05) is 77.8 Å². The predicted molar refractivity (Wildman–Crippen MR) is 191 cm³/mol. The second kappa shape index (κ2) is 13.3. The number of aromatic nitrogens is 3. The van der Waals surface area contributed by atoms with Gasteiger partial charge in [0.05, 0.1) is 29.3 Å².